The van der Waals surface area contributed by atoms with E-state index < -0.39 is 22.0 Å². The summed E-state index contributed by atoms with van der Waals surface area (Å²) in [6, 6.07) is 0. The van der Waals surface area contributed by atoms with Crippen LogP contribution in [0.1, 0.15) is 13.8 Å². The van der Waals surface area contributed by atoms with Gasteiger partial charge >= 0.3 is 0 Å². The van der Waals surface area contributed by atoms with Gasteiger partial charge in [0.05, 0.1) is 19.5 Å². The van der Waals surface area contributed by atoms with Crippen LogP contribution in [0.2, 0.25) is 0 Å². The van der Waals surface area contributed by atoms with E-state index in [2.05, 4.69) is 0 Å². The van der Waals surface area contributed by atoms with Gasteiger partial charge in [-0.3, -0.25) is 4.18 Å². The van der Waals surface area contributed by atoms with Crippen molar-refractivity contribution in [1.29, 1.82) is 0 Å². The lowest BCUT2D eigenvalue weighted by molar-refractivity contribution is -0.151. The highest BCUT2D eigenvalue weighted by Crippen LogP contribution is 2.28. The third-order valence-corrected chi connectivity index (χ3v) is 2.63. The normalized spacial score (nSPS) is 29.5. The topological polar surface area (TPSA) is 71.1 Å². The van der Waals surface area contributed by atoms with Crippen LogP contribution in [0.15, 0.2) is 0 Å². The third kappa shape index (κ3) is 4.34. The van der Waals surface area contributed by atoms with Gasteiger partial charge < -0.3 is 14.2 Å². The largest absolute Gasteiger partial charge is 0.382 e. The lowest BCUT2D eigenvalue weighted by atomic mass is 10.2. The maximum atomic E-state index is 10.9. The highest BCUT2D eigenvalue weighted by atomic mass is 32.2. The zero-order valence-electron chi connectivity index (χ0n) is 9.93. The summed E-state index contributed by atoms with van der Waals surface area (Å²) in [7, 11) is -1.92. The third-order valence-electron chi connectivity index (χ3n) is 2.06. The van der Waals surface area contributed by atoms with Crippen molar-refractivity contribution in [3.05, 3.63) is 0 Å². The summed E-state index contributed by atoms with van der Waals surface area (Å²) in [5, 5.41) is 0. The summed E-state index contributed by atoms with van der Waals surface area (Å²) in [4.78, 5) is 0. The lowest BCUT2D eigenvalue weighted by Crippen LogP contribution is -2.32. The summed E-state index contributed by atoms with van der Waals surface area (Å²) in [5.41, 5.74) is 0. The first-order valence-corrected chi connectivity index (χ1v) is 6.74. The fraction of sp³-hybridized carbons (Fsp3) is 1.00. The van der Waals surface area contributed by atoms with Gasteiger partial charge in [0.25, 0.3) is 10.1 Å². The second-order valence-electron chi connectivity index (χ2n) is 4.16. The molecule has 1 heterocycles. The highest BCUT2D eigenvalue weighted by Gasteiger charge is 2.41. The second-order valence-corrected chi connectivity index (χ2v) is 5.80. The average molecular weight is 254 g/mol. The van der Waals surface area contributed by atoms with E-state index in [0.717, 1.165) is 6.26 Å². The Morgan fingerprint density at radius 2 is 1.69 bits per heavy atom. The predicted octanol–water partition coefficient (Wildman–Crippen LogP) is 0.129. The SMILES string of the molecule is COC[C@@H]1OC(C)(C)O[C@H]1COS(C)(=O)=O. The Morgan fingerprint density at radius 3 is 2.12 bits per heavy atom. The van der Waals surface area contributed by atoms with Crippen molar-refractivity contribution in [2.45, 2.75) is 31.8 Å². The van der Waals surface area contributed by atoms with Crippen LogP contribution < -0.4 is 0 Å². The van der Waals surface area contributed by atoms with Crippen molar-refractivity contribution < 1.29 is 26.8 Å². The van der Waals surface area contributed by atoms with Crippen LogP contribution in [0.4, 0.5) is 0 Å². The highest BCUT2D eigenvalue weighted by molar-refractivity contribution is 7.85. The van der Waals surface area contributed by atoms with Crippen molar-refractivity contribution in [1.82, 2.24) is 0 Å². The molecule has 0 amide bonds. The minimum absolute atomic E-state index is 0.0592. The van der Waals surface area contributed by atoms with E-state index in [1.807, 2.05) is 0 Å². The van der Waals surface area contributed by atoms with Gasteiger partial charge in [0.1, 0.15) is 12.2 Å². The van der Waals surface area contributed by atoms with Gasteiger partial charge in [-0.15, -0.1) is 0 Å². The molecule has 6 nitrogen and oxygen atoms in total. The van der Waals surface area contributed by atoms with Gasteiger partial charge in [-0.1, -0.05) is 0 Å². The van der Waals surface area contributed by atoms with Gasteiger partial charge in [0.15, 0.2) is 5.79 Å². The zero-order valence-corrected chi connectivity index (χ0v) is 10.7. The molecule has 1 rings (SSSR count). The maximum Gasteiger partial charge on any atom is 0.264 e. The first-order chi connectivity index (χ1) is 7.23. The molecule has 0 bridgehead atoms. The molecule has 16 heavy (non-hydrogen) atoms. The van der Waals surface area contributed by atoms with Crippen molar-refractivity contribution in [3.8, 4) is 0 Å². The molecule has 0 saturated carbocycles. The van der Waals surface area contributed by atoms with Gasteiger partial charge in [0, 0.05) is 7.11 Å². The Morgan fingerprint density at radius 1 is 1.19 bits per heavy atom. The summed E-state index contributed by atoms with van der Waals surface area (Å²) in [5.74, 6) is -0.741. The molecule has 0 aromatic heterocycles. The summed E-state index contributed by atoms with van der Waals surface area (Å²) < 4.78 is 42.5. The Balaban J connectivity index is 2.56. The van der Waals surface area contributed by atoms with Crippen LogP contribution in [0.25, 0.3) is 0 Å². The van der Waals surface area contributed by atoms with E-state index in [-0.39, 0.29) is 12.7 Å². The van der Waals surface area contributed by atoms with Crippen LogP contribution in [-0.2, 0) is 28.5 Å². The molecule has 1 fully saturated rings. The molecular formula is C9H18O6S. The van der Waals surface area contributed by atoms with Gasteiger partial charge in [0.2, 0.25) is 0 Å². The summed E-state index contributed by atoms with van der Waals surface area (Å²) >= 11 is 0. The molecule has 0 unspecified atom stereocenters. The molecule has 0 spiro atoms. The second kappa shape index (κ2) is 4.97. The molecule has 1 aliphatic heterocycles. The van der Waals surface area contributed by atoms with Crippen LogP contribution in [0.3, 0.4) is 0 Å². The smallest absolute Gasteiger partial charge is 0.264 e. The Hall–Kier alpha value is -0.210. The fourth-order valence-corrected chi connectivity index (χ4v) is 1.93. The van der Waals surface area contributed by atoms with E-state index >= 15 is 0 Å². The van der Waals surface area contributed by atoms with Crippen molar-refractivity contribution in [2.75, 3.05) is 26.6 Å². The minimum atomic E-state index is -3.46. The molecule has 1 saturated heterocycles. The quantitative estimate of drug-likeness (QED) is 0.649. The molecule has 7 heteroatoms. The maximum absolute atomic E-state index is 10.9. The van der Waals surface area contributed by atoms with Gasteiger partial charge in [-0.2, -0.15) is 8.42 Å². The number of ether oxygens (including phenoxy) is 3. The Kier molecular flexibility index (Phi) is 4.30. The predicted molar refractivity (Wildman–Crippen MR) is 56.5 cm³/mol. The summed E-state index contributed by atoms with van der Waals surface area (Å²) in [6.45, 7) is 3.80. The molecule has 0 aromatic rings. The van der Waals surface area contributed by atoms with E-state index in [1.165, 1.54) is 0 Å². The lowest BCUT2D eigenvalue weighted by Gasteiger charge is -2.16. The standard InChI is InChI=1S/C9H18O6S/c1-9(2)14-7(5-12-3)8(15-9)6-13-16(4,10)11/h7-8H,5-6H2,1-4H3/t7-,8-/m0/s1. The summed E-state index contributed by atoms with van der Waals surface area (Å²) in [6.07, 6.45) is 0.241. The molecule has 96 valence electrons. The molecule has 0 N–H and O–H groups in total. The first kappa shape index (κ1) is 13.9. The van der Waals surface area contributed by atoms with E-state index in [4.69, 9.17) is 18.4 Å². The van der Waals surface area contributed by atoms with Gasteiger partial charge in [-0.05, 0) is 13.8 Å². The zero-order chi connectivity index (χ0) is 12.4. The molecule has 0 radical (unpaired) electrons. The number of hydrogen-bond acceptors (Lipinski definition) is 6. The fourth-order valence-electron chi connectivity index (χ4n) is 1.55. The van der Waals surface area contributed by atoms with Crippen molar-refractivity contribution >= 4 is 10.1 Å². The van der Waals surface area contributed by atoms with E-state index in [0.29, 0.717) is 6.61 Å². The molecule has 1 aliphatic rings. The molecule has 2 atom stereocenters. The van der Waals surface area contributed by atoms with Gasteiger partial charge in [-0.25, -0.2) is 0 Å². The number of rotatable bonds is 5. The van der Waals surface area contributed by atoms with Crippen LogP contribution in [0, 0.1) is 0 Å². The Labute approximate surface area is 95.9 Å². The van der Waals surface area contributed by atoms with Crippen molar-refractivity contribution in [2.24, 2.45) is 0 Å². The molecule has 0 aliphatic carbocycles. The van der Waals surface area contributed by atoms with Crippen LogP contribution in [-0.4, -0.2) is 53.0 Å². The van der Waals surface area contributed by atoms with Crippen molar-refractivity contribution in [3.63, 3.8) is 0 Å². The number of methoxy groups -OCH3 is 1. The van der Waals surface area contributed by atoms with Crippen LogP contribution in [0.5, 0.6) is 0 Å². The monoisotopic (exact) mass is 254 g/mol. The van der Waals surface area contributed by atoms with Crippen LogP contribution >= 0.6 is 0 Å². The van der Waals surface area contributed by atoms with E-state index in [1.54, 1.807) is 21.0 Å². The first-order valence-electron chi connectivity index (χ1n) is 4.92. The molecule has 0 aromatic carbocycles. The average Bonchev–Trinajstić information content (AvgIpc) is 2.37. The number of hydrogen-bond donors (Lipinski definition) is 0. The molecular weight excluding hydrogens is 236 g/mol. The Bertz CT molecular complexity index is 323. The minimum Gasteiger partial charge on any atom is -0.382 e. The van der Waals surface area contributed by atoms with E-state index in [9.17, 15) is 8.42 Å².